The number of hydrogen-bond donors (Lipinski definition) is 2. The van der Waals surface area contributed by atoms with Crippen molar-refractivity contribution in [2.24, 2.45) is 17.3 Å². The maximum absolute atomic E-state index is 13.1. The van der Waals surface area contributed by atoms with Crippen molar-refractivity contribution in [3.63, 3.8) is 0 Å². The Morgan fingerprint density at radius 2 is 1.57 bits per heavy atom. The van der Waals surface area contributed by atoms with E-state index in [4.69, 9.17) is 28.4 Å². The van der Waals surface area contributed by atoms with Crippen molar-refractivity contribution in [2.75, 3.05) is 6.61 Å². The molecule has 3 rings (SSSR count). The van der Waals surface area contributed by atoms with Crippen LogP contribution in [0.4, 0.5) is 0 Å². The molecular weight excluding hydrogens is 608 g/mol. The molecule has 256 valence electrons. The highest BCUT2D eigenvalue weighted by Gasteiger charge is 2.67. The van der Waals surface area contributed by atoms with Crippen LogP contribution in [0.5, 0.6) is 0 Å². The Bertz CT molecular complexity index is 1300. The van der Waals surface area contributed by atoms with Crippen molar-refractivity contribution < 1.29 is 67.4 Å². The number of carbonyl (C=O) groups is 6. The molecule has 2 aliphatic carbocycles. The molecule has 0 unspecified atom stereocenters. The SMILES string of the molecule is CC(=O)O[C@H](C)CC(=O)O[C@@H]1C[C@@H](OC(C)=O)[C@@]2(C)[C@@H](OC(C)=O)CC=C(C)[C@@H]2[C@@H](OC(C)=O)[C@@]2(O)[C@H](/C=C\1CO)OC(=O)[C@@H]2C. The second kappa shape index (κ2) is 14.3. The molecule has 0 radical (unpaired) electrons. The maximum Gasteiger partial charge on any atom is 0.312 e. The third-order valence-electron chi connectivity index (χ3n) is 9.10. The number of aliphatic hydroxyl groups is 2. The minimum atomic E-state index is -2.27. The van der Waals surface area contributed by atoms with E-state index in [2.05, 4.69) is 0 Å². The predicted octanol–water partition coefficient (Wildman–Crippen LogP) is 1.62. The van der Waals surface area contributed by atoms with Crippen LogP contribution in [-0.4, -0.2) is 94.9 Å². The number of carbonyl (C=O) groups excluding carboxylic acids is 6. The van der Waals surface area contributed by atoms with Gasteiger partial charge in [-0.2, -0.15) is 0 Å². The molecule has 3 aliphatic rings. The second-order valence-electron chi connectivity index (χ2n) is 12.5. The maximum atomic E-state index is 13.1. The van der Waals surface area contributed by atoms with Crippen LogP contribution >= 0.6 is 0 Å². The van der Waals surface area contributed by atoms with E-state index >= 15 is 0 Å². The quantitative estimate of drug-likeness (QED) is 0.218. The van der Waals surface area contributed by atoms with Gasteiger partial charge in [-0.3, -0.25) is 28.8 Å². The van der Waals surface area contributed by atoms with E-state index in [-0.39, 0.29) is 24.8 Å². The molecule has 1 fully saturated rings. The lowest BCUT2D eigenvalue weighted by atomic mass is 9.56. The van der Waals surface area contributed by atoms with Crippen molar-refractivity contribution >= 4 is 35.8 Å². The van der Waals surface area contributed by atoms with Crippen LogP contribution in [0.3, 0.4) is 0 Å². The molecule has 0 bridgehead atoms. The molecule has 46 heavy (non-hydrogen) atoms. The van der Waals surface area contributed by atoms with Crippen molar-refractivity contribution in [1.29, 1.82) is 0 Å². The van der Waals surface area contributed by atoms with E-state index < -0.39 is 102 Å². The Morgan fingerprint density at radius 1 is 0.978 bits per heavy atom. The minimum Gasteiger partial charge on any atom is -0.462 e. The Labute approximate surface area is 267 Å². The fourth-order valence-corrected chi connectivity index (χ4v) is 6.98. The first-order chi connectivity index (χ1) is 21.4. The summed E-state index contributed by atoms with van der Waals surface area (Å²) < 4.78 is 34.0. The van der Waals surface area contributed by atoms with Crippen molar-refractivity contribution in [3.05, 3.63) is 23.3 Å². The van der Waals surface area contributed by atoms with Crippen LogP contribution in [-0.2, 0) is 57.2 Å². The van der Waals surface area contributed by atoms with Crippen LogP contribution < -0.4 is 0 Å². The number of rotatable bonds is 8. The van der Waals surface area contributed by atoms with Gasteiger partial charge in [0.1, 0.15) is 30.5 Å². The lowest BCUT2D eigenvalue weighted by Gasteiger charge is -2.55. The van der Waals surface area contributed by atoms with E-state index in [9.17, 15) is 39.0 Å². The van der Waals surface area contributed by atoms with Crippen molar-refractivity contribution in [1.82, 2.24) is 0 Å². The molecule has 0 saturated carbocycles. The van der Waals surface area contributed by atoms with Crippen LogP contribution in [0.2, 0.25) is 0 Å². The summed E-state index contributed by atoms with van der Waals surface area (Å²) in [5.74, 6) is -6.80. The summed E-state index contributed by atoms with van der Waals surface area (Å²) in [7, 11) is 0. The summed E-state index contributed by atoms with van der Waals surface area (Å²) >= 11 is 0. The first-order valence-electron chi connectivity index (χ1n) is 15.1. The zero-order chi connectivity index (χ0) is 34.7. The molecule has 2 N–H and O–H groups in total. The van der Waals surface area contributed by atoms with Gasteiger partial charge in [-0.1, -0.05) is 18.6 Å². The molecule has 14 nitrogen and oxygen atoms in total. The minimum absolute atomic E-state index is 0.0216. The molecular formula is C32H44O14. The number of hydrogen-bond acceptors (Lipinski definition) is 14. The van der Waals surface area contributed by atoms with Crippen molar-refractivity contribution in [2.45, 2.75) is 117 Å². The molecule has 0 aromatic carbocycles. The van der Waals surface area contributed by atoms with E-state index in [1.54, 1.807) is 19.9 Å². The predicted molar refractivity (Wildman–Crippen MR) is 156 cm³/mol. The van der Waals surface area contributed by atoms with Gasteiger partial charge in [0, 0.05) is 46.5 Å². The Morgan fingerprint density at radius 3 is 2.11 bits per heavy atom. The molecule has 1 aliphatic heterocycles. The topological polar surface area (TPSA) is 198 Å². The summed E-state index contributed by atoms with van der Waals surface area (Å²) in [5.41, 5.74) is -3.20. The zero-order valence-corrected chi connectivity index (χ0v) is 27.4. The zero-order valence-electron chi connectivity index (χ0n) is 27.4. The first-order valence-corrected chi connectivity index (χ1v) is 15.1. The van der Waals surface area contributed by atoms with E-state index in [1.807, 2.05) is 0 Å². The highest BCUT2D eigenvalue weighted by atomic mass is 16.6. The monoisotopic (exact) mass is 652 g/mol. The van der Waals surface area contributed by atoms with Gasteiger partial charge in [-0.15, -0.1) is 0 Å². The Hall–Kier alpha value is -3.78. The fourth-order valence-electron chi connectivity index (χ4n) is 6.98. The summed E-state index contributed by atoms with van der Waals surface area (Å²) in [4.78, 5) is 75.3. The largest absolute Gasteiger partial charge is 0.462 e. The molecule has 14 heteroatoms. The first kappa shape index (κ1) is 36.7. The van der Waals surface area contributed by atoms with Gasteiger partial charge >= 0.3 is 35.8 Å². The normalized spacial score (nSPS) is 35.8. The fraction of sp³-hybridized carbons (Fsp3) is 0.688. The van der Waals surface area contributed by atoms with Gasteiger partial charge in [0.25, 0.3) is 0 Å². The van der Waals surface area contributed by atoms with E-state index in [0.717, 1.165) is 13.8 Å². The summed E-state index contributed by atoms with van der Waals surface area (Å²) in [6.45, 7) is 10.2. The number of aliphatic hydroxyl groups excluding tert-OH is 1. The smallest absolute Gasteiger partial charge is 0.312 e. The molecule has 0 aromatic heterocycles. The third-order valence-corrected chi connectivity index (χ3v) is 9.10. The Kier molecular flexibility index (Phi) is 11.4. The lowest BCUT2D eigenvalue weighted by Crippen LogP contribution is -2.65. The molecule has 1 heterocycles. The summed E-state index contributed by atoms with van der Waals surface area (Å²) in [5, 5.41) is 23.1. The summed E-state index contributed by atoms with van der Waals surface area (Å²) in [6, 6.07) is 0. The summed E-state index contributed by atoms with van der Waals surface area (Å²) in [6.07, 6.45) is -5.03. The van der Waals surface area contributed by atoms with Gasteiger partial charge in [0.15, 0.2) is 11.7 Å². The van der Waals surface area contributed by atoms with Crippen LogP contribution in [0.25, 0.3) is 0 Å². The average Bonchev–Trinajstić information content (AvgIpc) is 3.14. The molecule has 0 aromatic rings. The van der Waals surface area contributed by atoms with Gasteiger partial charge < -0.3 is 38.6 Å². The van der Waals surface area contributed by atoms with Crippen LogP contribution in [0, 0.1) is 17.3 Å². The highest BCUT2D eigenvalue weighted by Crippen LogP contribution is 2.55. The second-order valence-corrected chi connectivity index (χ2v) is 12.5. The van der Waals surface area contributed by atoms with Gasteiger partial charge in [-0.25, -0.2) is 0 Å². The van der Waals surface area contributed by atoms with E-state index in [1.165, 1.54) is 33.8 Å². The van der Waals surface area contributed by atoms with Crippen LogP contribution in [0.15, 0.2) is 23.3 Å². The molecule has 10 atom stereocenters. The number of ether oxygens (including phenoxy) is 6. The molecule has 0 amide bonds. The standard InChI is InChI=1S/C32H44O14/c1-15-9-10-24(42-19(5)35)31(8)25(43-20(6)36)13-23(45-27(38)11-16(2)41-18(4)34)22(14-33)12-26-32(40,17(3)30(39)46-26)29(28(15)31)44-21(7)37/h9,12,16-17,23-26,28-29,33,40H,10-11,13-14H2,1-8H3/b22-12-/t16-,17+,23-,24+,25-,26+,28-,29-,31-,32+/m1/s1. The Balaban J connectivity index is 2.36. The van der Waals surface area contributed by atoms with Gasteiger partial charge in [0.2, 0.25) is 0 Å². The van der Waals surface area contributed by atoms with E-state index in [0.29, 0.717) is 5.57 Å². The van der Waals surface area contributed by atoms with Gasteiger partial charge in [-0.05, 0) is 32.4 Å². The average molecular weight is 653 g/mol. The third kappa shape index (κ3) is 7.43. The van der Waals surface area contributed by atoms with Crippen LogP contribution in [0.1, 0.15) is 74.7 Å². The molecule has 1 saturated heterocycles. The highest BCUT2D eigenvalue weighted by molar-refractivity contribution is 5.78. The van der Waals surface area contributed by atoms with Crippen molar-refractivity contribution in [3.8, 4) is 0 Å². The lowest BCUT2D eigenvalue weighted by molar-refractivity contribution is -0.218. The number of esters is 6. The van der Waals surface area contributed by atoms with Gasteiger partial charge in [0.05, 0.1) is 24.4 Å². The molecule has 0 spiro atoms. The number of fused-ring (bicyclic) bond motifs is 2.